The van der Waals surface area contributed by atoms with E-state index in [2.05, 4.69) is 24.3 Å². The number of hydrogen-bond acceptors (Lipinski definition) is 4. The van der Waals surface area contributed by atoms with Crippen molar-refractivity contribution in [2.24, 2.45) is 0 Å². The predicted molar refractivity (Wildman–Crippen MR) is 94.5 cm³/mol. The van der Waals surface area contributed by atoms with Crippen molar-refractivity contribution in [2.45, 2.75) is 63.1 Å². The molecule has 25 heavy (non-hydrogen) atoms. The molecule has 0 radical (unpaired) electrons. The van der Waals surface area contributed by atoms with Crippen LogP contribution in [0.25, 0.3) is 0 Å². The number of nitrogens with zero attached hydrogens (tertiary/aromatic N) is 1. The lowest BCUT2D eigenvalue weighted by atomic mass is 9.83. The van der Waals surface area contributed by atoms with Gasteiger partial charge in [-0.15, -0.1) is 0 Å². The van der Waals surface area contributed by atoms with Gasteiger partial charge in [-0.1, -0.05) is 30.3 Å². The molecule has 5 heteroatoms. The van der Waals surface area contributed by atoms with Gasteiger partial charge in [-0.2, -0.15) is 0 Å². The van der Waals surface area contributed by atoms with Gasteiger partial charge in [-0.25, -0.2) is 4.79 Å². The predicted octanol–water partition coefficient (Wildman–Crippen LogP) is 3.53. The van der Waals surface area contributed by atoms with Gasteiger partial charge in [-0.05, 0) is 44.1 Å². The van der Waals surface area contributed by atoms with E-state index >= 15 is 0 Å². The lowest BCUT2D eigenvalue weighted by Gasteiger charge is -2.31. The normalized spacial score (nSPS) is 29.7. The Hall–Kier alpha value is -1.88. The standard InChI is InChI=1S/C20H27NO4/c1-14-12-19(22)18(21(14)20(23)24-2)13-25-17-10-8-16(9-11-17)15-6-4-3-5-7-15/h3-7,14,16-18H,8-13H2,1-2H3/t14-,16?,17?,18?/m1/s1. The number of benzene rings is 1. The minimum Gasteiger partial charge on any atom is -0.453 e. The first kappa shape index (κ1) is 17.9. The smallest absolute Gasteiger partial charge is 0.410 e. The number of Topliss-reactive ketones (excluding diaryl/α,β-unsaturated/α-hetero) is 1. The number of ketones is 1. The van der Waals surface area contributed by atoms with Gasteiger partial charge in [-0.3, -0.25) is 9.69 Å². The van der Waals surface area contributed by atoms with Crippen molar-refractivity contribution >= 4 is 11.9 Å². The first-order valence-electron chi connectivity index (χ1n) is 9.15. The molecule has 0 bridgehead atoms. The number of amides is 1. The Morgan fingerprint density at radius 1 is 1.16 bits per heavy atom. The third-order valence-electron chi connectivity index (χ3n) is 5.50. The molecule has 136 valence electrons. The molecule has 1 aliphatic heterocycles. The molecule has 1 saturated carbocycles. The molecule has 2 fully saturated rings. The second-order valence-electron chi connectivity index (χ2n) is 7.13. The van der Waals surface area contributed by atoms with Gasteiger partial charge in [0.2, 0.25) is 0 Å². The maximum atomic E-state index is 12.2. The molecule has 1 unspecified atom stereocenters. The molecule has 0 N–H and O–H groups in total. The zero-order chi connectivity index (χ0) is 17.8. The topological polar surface area (TPSA) is 55.8 Å². The summed E-state index contributed by atoms with van der Waals surface area (Å²) in [6.45, 7) is 2.15. The van der Waals surface area contributed by atoms with Gasteiger partial charge >= 0.3 is 6.09 Å². The Labute approximate surface area is 149 Å². The lowest BCUT2D eigenvalue weighted by Crippen LogP contribution is -2.44. The summed E-state index contributed by atoms with van der Waals surface area (Å²) in [5.74, 6) is 0.664. The molecule has 1 aromatic carbocycles. The van der Waals surface area contributed by atoms with E-state index in [1.165, 1.54) is 17.6 Å². The second kappa shape index (κ2) is 8.00. The summed E-state index contributed by atoms with van der Waals surface area (Å²) in [5, 5.41) is 0. The summed E-state index contributed by atoms with van der Waals surface area (Å²) < 4.78 is 10.8. The molecular formula is C20H27NO4. The van der Waals surface area contributed by atoms with Crippen molar-refractivity contribution in [3.63, 3.8) is 0 Å². The van der Waals surface area contributed by atoms with Crippen molar-refractivity contribution in [2.75, 3.05) is 13.7 Å². The Kier molecular flexibility index (Phi) is 5.74. The summed E-state index contributed by atoms with van der Waals surface area (Å²) in [7, 11) is 1.35. The minimum atomic E-state index is -0.505. The molecule has 1 heterocycles. The summed E-state index contributed by atoms with van der Waals surface area (Å²) in [6, 6.07) is 9.98. The van der Waals surface area contributed by atoms with Crippen molar-refractivity contribution in [1.82, 2.24) is 4.90 Å². The van der Waals surface area contributed by atoms with Gasteiger partial charge < -0.3 is 9.47 Å². The minimum absolute atomic E-state index is 0.0656. The second-order valence-corrected chi connectivity index (χ2v) is 7.13. The van der Waals surface area contributed by atoms with Crippen molar-refractivity contribution < 1.29 is 19.1 Å². The molecule has 1 aliphatic carbocycles. The van der Waals surface area contributed by atoms with Gasteiger partial charge in [0.05, 0.1) is 19.8 Å². The van der Waals surface area contributed by atoms with Gasteiger partial charge in [0, 0.05) is 12.5 Å². The van der Waals surface area contributed by atoms with Crippen LogP contribution in [0, 0.1) is 0 Å². The monoisotopic (exact) mass is 345 g/mol. The van der Waals surface area contributed by atoms with E-state index in [4.69, 9.17) is 9.47 Å². The van der Waals surface area contributed by atoms with Crippen molar-refractivity contribution in [3.05, 3.63) is 35.9 Å². The van der Waals surface area contributed by atoms with E-state index < -0.39 is 12.1 Å². The molecule has 2 atom stereocenters. The largest absolute Gasteiger partial charge is 0.453 e. The van der Waals surface area contributed by atoms with Crippen LogP contribution in [-0.4, -0.2) is 48.7 Å². The van der Waals surface area contributed by atoms with Gasteiger partial charge in [0.1, 0.15) is 6.04 Å². The quantitative estimate of drug-likeness (QED) is 0.838. The Morgan fingerprint density at radius 2 is 1.84 bits per heavy atom. The average Bonchev–Trinajstić information content (AvgIpc) is 2.93. The molecular weight excluding hydrogens is 318 g/mol. The molecule has 0 aromatic heterocycles. The number of hydrogen-bond donors (Lipinski definition) is 0. The molecule has 1 aromatic rings. The van der Waals surface area contributed by atoms with Crippen LogP contribution >= 0.6 is 0 Å². The summed E-state index contributed by atoms with van der Waals surface area (Å²) >= 11 is 0. The van der Waals surface area contributed by atoms with E-state index in [-0.39, 0.29) is 24.5 Å². The highest BCUT2D eigenvalue weighted by Crippen LogP contribution is 2.34. The molecule has 5 nitrogen and oxygen atoms in total. The Balaban J connectivity index is 1.51. The molecule has 3 rings (SSSR count). The van der Waals surface area contributed by atoms with Crippen LogP contribution in [-0.2, 0) is 14.3 Å². The van der Waals surface area contributed by atoms with Crippen LogP contribution in [0.1, 0.15) is 50.5 Å². The highest BCUT2D eigenvalue weighted by Gasteiger charge is 2.42. The maximum Gasteiger partial charge on any atom is 0.410 e. The molecule has 1 amide bonds. The van der Waals surface area contributed by atoms with Crippen LogP contribution in [0.5, 0.6) is 0 Å². The average molecular weight is 345 g/mol. The van der Waals surface area contributed by atoms with Crippen LogP contribution in [0.4, 0.5) is 4.79 Å². The third kappa shape index (κ3) is 4.03. The first-order valence-corrected chi connectivity index (χ1v) is 9.15. The fraction of sp³-hybridized carbons (Fsp3) is 0.600. The number of carbonyl (C=O) groups excluding carboxylic acids is 2. The summed E-state index contributed by atoms with van der Waals surface area (Å²) in [6.07, 6.45) is 4.30. The SMILES string of the molecule is COC(=O)N1C(COC2CCC(c3ccccc3)CC2)C(=O)C[C@H]1C. The molecule has 2 aliphatic rings. The van der Waals surface area contributed by atoms with E-state index in [1.807, 2.05) is 13.0 Å². The number of carbonyl (C=O) groups is 2. The molecule has 1 saturated heterocycles. The Morgan fingerprint density at radius 3 is 2.48 bits per heavy atom. The zero-order valence-corrected chi connectivity index (χ0v) is 15.0. The van der Waals surface area contributed by atoms with Crippen molar-refractivity contribution in [3.8, 4) is 0 Å². The number of methoxy groups -OCH3 is 1. The van der Waals surface area contributed by atoms with E-state index in [0.29, 0.717) is 12.3 Å². The Bertz CT molecular complexity index is 595. The number of ether oxygens (including phenoxy) is 2. The fourth-order valence-electron chi connectivity index (χ4n) is 4.09. The van der Waals surface area contributed by atoms with E-state index in [1.54, 1.807) is 0 Å². The van der Waals surface area contributed by atoms with E-state index in [9.17, 15) is 9.59 Å². The van der Waals surface area contributed by atoms with Crippen LogP contribution in [0.3, 0.4) is 0 Å². The highest BCUT2D eigenvalue weighted by atomic mass is 16.5. The molecule has 0 spiro atoms. The highest BCUT2D eigenvalue weighted by molar-refractivity contribution is 5.91. The van der Waals surface area contributed by atoms with Gasteiger partial charge in [0.15, 0.2) is 5.78 Å². The van der Waals surface area contributed by atoms with Crippen LogP contribution < -0.4 is 0 Å². The summed E-state index contributed by atoms with van der Waals surface area (Å²) in [4.78, 5) is 25.6. The lowest BCUT2D eigenvalue weighted by molar-refractivity contribution is -0.122. The first-order chi connectivity index (χ1) is 12.1. The summed E-state index contributed by atoms with van der Waals surface area (Å²) in [5.41, 5.74) is 1.40. The van der Waals surface area contributed by atoms with Crippen LogP contribution in [0.2, 0.25) is 0 Å². The maximum absolute atomic E-state index is 12.2. The van der Waals surface area contributed by atoms with Gasteiger partial charge in [0.25, 0.3) is 0 Å². The van der Waals surface area contributed by atoms with E-state index in [0.717, 1.165) is 25.7 Å². The zero-order valence-electron chi connectivity index (χ0n) is 15.0. The third-order valence-corrected chi connectivity index (χ3v) is 5.50. The number of rotatable bonds is 4. The fourth-order valence-corrected chi connectivity index (χ4v) is 4.09. The van der Waals surface area contributed by atoms with Crippen molar-refractivity contribution in [1.29, 1.82) is 0 Å². The van der Waals surface area contributed by atoms with Crippen LogP contribution in [0.15, 0.2) is 30.3 Å². The number of likely N-dealkylation sites (tertiary alicyclic amines) is 1.